The van der Waals surface area contributed by atoms with Crippen LogP contribution >= 0.6 is 11.3 Å². The molecule has 0 bridgehead atoms. The van der Waals surface area contributed by atoms with E-state index < -0.39 is 5.97 Å². The monoisotopic (exact) mass is 233 g/mol. The maximum Gasteiger partial charge on any atom is 0.337 e. The van der Waals surface area contributed by atoms with E-state index in [9.17, 15) is 9.59 Å². The molecule has 0 atom stereocenters. The largest absolute Gasteiger partial charge is 0.478 e. The van der Waals surface area contributed by atoms with Crippen LogP contribution in [0.3, 0.4) is 0 Å². The molecule has 0 aliphatic heterocycles. The number of aromatic carboxylic acids is 1. The van der Waals surface area contributed by atoms with Gasteiger partial charge in [0, 0.05) is 18.0 Å². The molecular formula is C11H7NO3S. The molecule has 2 heterocycles. The zero-order valence-electron chi connectivity index (χ0n) is 8.08. The van der Waals surface area contributed by atoms with Crippen LogP contribution in [-0.2, 0) is 0 Å². The minimum atomic E-state index is -1.08. The third kappa shape index (κ3) is 1.85. The molecule has 0 saturated carbocycles. The van der Waals surface area contributed by atoms with E-state index in [1.54, 1.807) is 17.5 Å². The number of hydrogen-bond acceptors (Lipinski definition) is 4. The van der Waals surface area contributed by atoms with E-state index in [-0.39, 0.29) is 16.2 Å². The number of hydrogen-bond donors (Lipinski definition) is 1. The van der Waals surface area contributed by atoms with Crippen molar-refractivity contribution in [2.75, 3.05) is 0 Å². The number of rotatable bonds is 3. The number of carbonyl (C=O) groups excluding carboxylic acids is 1. The molecule has 0 spiro atoms. The highest BCUT2D eigenvalue weighted by Gasteiger charge is 2.19. The Morgan fingerprint density at radius 3 is 2.50 bits per heavy atom. The van der Waals surface area contributed by atoms with Gasteiger partial charge in [-0.05, 0) is 23.6 Å². The smallest absolute Gasteiger partial charge is 0.337 e. The molecule has 0 radical (unpaired) electrons. The van der Waals surface area contributed by atoms with Crippen LogP contribution in [0.2, 0.25) is 0 Å². The van der Waals surface area contributed by atoms with Crippen LogP contribution in [0, 0.1) is 0 Å². The molecule has 4 nitrogen and oxygen atoms in total. The zero-order chi connectivity index (χ0) is 11.5. The van der Waals surface area contributed by atoms with Gasteiger partial charge in [0.25, 0.3) is 0 Å². The summed E-state index contributed by atoms with van der Waals surface area (Å²) in [5, 5.41) is 10.5. The molecule has 0 saturated heterocycles. The first-order valence-corrected chi connectivity index (χ1v) is 5.33. The van der Waals surface area contributed by atoms with Crippen molar-refractivity contribution in [3.63, 3.8) is 0 Å². The van der Waals surface area contributed by atoms with E-state index in [4.69, 9.17) is 5.11 Å². The molecule has 16 heavy (non-hydrogen) atoms. The standard InChI is InChI=1S/C11H7NO3S/c13-9(7-1-4-12-5-2-7)10-8(11(14)15)3-6-16-10/h1-6H,(H,14,15). The van der Waals surface area contributed by atoms with Crippen molar-refractivity contribution < 1.29 is 14.7 Å². The third-order valence-corrected chi connectivity index (χ3v) is 2.96. The Labute approximate surface area is 95.2 Å². The van der Waals surface area contributed by atoms with Crippen molar-refractivity contribution in [2.45, 2.75) is 0 Å². The summed E-state index contributed by atoms with van der Waals surface area (Å²) in [7, 11) is 0. The van der Waals surface area contributed by atoms with Crippen LogP contribution in [0.4, 0.5) is 0 Å². The number of carboxylic acid groups (broad SMARTS) is 1. The Morgan fingerprint density at radius 1 is 1.19 bits per heavy atom. The summed E-state index contributed by atoms with van der Waals surface area (Å²) < 4.78 is 0. The minimum absolute atomic E-state index is 0.0480. The van der Waals surface area contributed by atoms with Crippen LogP contribution in [0.5, 0.6) is 0 Å². The lowest BCUT2D eigenvalue weighted by Crippen LogP contribution is -2.05. The number of carbonyl (C=O) groups is 2. The first kappa shape index (κ1) is 10.5. The van der Waals surface area contributed by atoms with E-state index >= 15 is 0 Å². The highest BCUT2D eigenvalue weighted by atomic mass is 32.1. The molecule has 0 aromatic carbocycles. The van der Waals surface area contributed by atoms with E-state index in [2.05, 4.69) is 4.98 Å². The fourth-order valence-corrected chi connectivity index (χ4v) is 2.14. The van der Waals surface area contributed by atoms with Gasteiger partial charge in [0.15, 0.2) is 0 Å². The second-order valence-electron chi connectivity index (χ2n) is 3.03. The normalized spacial score (nSPS) is 10.0. The topological polar surface area (TPSA) is 67.3 Å². The Bertz CT molecular complexity index is 533. The molecule has 2 aromatic rings. The molecule has 0 amide bonds. The molecule has 5 heteroatoms. The van der Waals surface area contributed by atoms with Crippen LogP contribution in [0.1, 0.15) is 25.6 Å². The van der Waals surface area contributed by atoms with Crippen molar-refractivity contribution in [1.82, 2.24) is 4.98 Å². The Hall–Kier alpha value is -2.01. The lowest BCUT2D eigenvalue weighted by molar-refractivity contribution is 0.0693. The Kier molecular flexibility index (Phi) is 2.78. The summed E-state index contributed by atoms with van der Waals surface area (Å²) in [6, 6.07) is 4.56. The number of ketones is 1. The lowest BCUT2D eigenvalue weighted by atomic mass is 10.1. The summed E-state index contributed by atoms with van der Waals surface area (Å²) >= 11 is 1.13. The average molecular weight is 233 g/mol. The van der Waals surface area contributed by atoms with Crippen molar-refractivity contribution in [3.8, 4) is 0 Å². The van der Waals surface area contributed by atoms with Gasteiger partial charge in [0.1, 0.15) is 0 Å². The van der Waals surface area contributed by atoms with Crippen molar-refractivity contribution in [3.05, 3.63) is 52.0 Å². The molecule has 0 fully saturated rings. The van der Waals surface area contributed by atoms with E-state index in [0.717, 1.165) is 11.3 Å². The van der Waals surface area contributed by atoms with Gasteiger partial charge in [-0.2, -0.15) is 0 Å². The van der Waals surface area contributed by atoms with Crippen LogP contribution in [-0.4, -0.2) is 21.8 Å². The van der Waals surface area contributed by atoms with Gasteiger partial charge in [0.2, 0.25) is 5.78 Å². The van der Waals surface area contributed by atoms with Crippen molar-refractivity contribution >= 4 is 23.1 Å². The highest BCUT2D eigenvalue weighted by molar-refractivity contribution is 7.12. The predicted octanol–water partition coefficient (Wildman–Crippen LogP) is 2.07. The highest BCUT2D eigenvalue weighted by Crippen LogP contribution is 2.20. The predicted molar refractivity (Wildman–Crippen MR) is 58.9 cm³/mol. The molecule has 2 rings (SSSR count). The van der Waals surface area contributed by atoms with E-state index in [1.165, 1.54) is 18.5 Å². The second kappa shape index (κ2) is 4.24. The van der Waals surface area contributed by atoms with Gasteiger partial charge in [-0.25, -0.2) is 4.79 Å². The number of carboxylic acids is 1. The van der Waals surface area contributed by atoms with Crippen molar-refractivity contribution in [1.29, 1.82) is 0 Å². The summed E-state index contributed by atoms with van der Waals surface area (Å²) in [6.45, 7) is 0. The SMILES string of the molecule is O=C(O)c1ccsc1C(=O)c1ccncc1. The maximum atomic E-state index is 12.0. The van der Waals surface area contributed by atoms with Gasteiger partial charge >= 0.3 is 5.97 Å². The lowest BCUT2D eigenvalue weighted by Gasteiger charge is -1.98. The molecule has 2 aromatic heterocycles. The molecule has 1 N–H and O–H groups in total. The maximum absolute atomic E-state index is 12.0. The summed E-state index contributed by atoms with van der Waals surface area (Å²) in [6.07, 6.45) is 3.00. The van der Waals surface area contributed by atoms with E-state index in [1.807, 2.05) is 0 Å². The molecule has 0 aliphatic carbocycles. The average Bonchev–Trinajstić information content (AvgIpc) is 2.78. The third-order valence-electron chi connectivity index (χ3n) is 2.04. The van der Waals surface area contributed by atoms with Crippen LogP contribution in [0.15, 0.2) is 36.0 Å². The van der Waals surface area contributed by atoms with Gasteiger partial charge in [-0.1, -0.05) is 0 Å². The zero-order valence-corrected chi connectivity index (χ0v) is 8.90. The second-order valence-corrected chi connectivity index (χ2v) is 3.95. The number of nitrogens with zero attached hydrogens (tertiary/aromatic N) is 1. The van der Waals surface area contributed by atoms with Crippen molar-refractivity contribution in [2.24, 2.45) is 0 Å². The number of thiophene rings is 1. The number of aromatic nitrogens is 1. The molecule has 0 aliphatic rings. The molecule has 0 unspecified atom stereocenters. The van der Waals surface area contributed by atoms with Gasteiger partial charge in [-0.15, -0.1) is 11.3 Å². The summed E-state index contributed by atoms with van der Waals surface area (Å²) in [5.74, 6) is -1.37. The van der Waals surface area contributed by atoms with Gasteiger partial charge in [0.05, 0.1) is 10.4 Å². The Morgan fingerprint density at radius 2 is 1.88 bits per heavy atom. The minimum Gasteiger partial charge on any atom is -0.478 e. The van der Waals surface area contributed by atoms with Gasteiger partial charge < -0.3 is 5.11 Å². The van der Waals surface area contributed by atoms with Crippen LogP contribution in [0.25, 0.3) is 0 Å². The molecular weight excluding hydrogens is 226 g/mol. The quantitative estimate of drug-likeness (QED) is 0.824. The Balaban J connectivity index is 2.42. The first-order valence-electron chi connectivity index (χ1n) is 4.45. The molecule has 80 valence electrons. The summed E-state index contributed by atoms with van der Waals surface area (Å²) in [5.41, 5.74) is 0.492. The van der Waals surface area contributed by atoms with Crippen LogP contribution < -0.4 is 0 Å². The fraction of sp³-hybridized carbons (Fsp3) is 0. The van der Waals surface area contributed by atoms with Gasteiger partial charge in [-0.3, -0.25) is 9.78 Å². The van der Waals surface area contributed by atoms with E-state index in [0.29, 0.717) is 5.56 Å². The fourth-order valence-electron chi connectivity index (χ4n) is 1.29. The summed E-state index contributed by atoms with van der Waals surface area (Å²) in [4.78, 5) is 26.9. The number of pyridine rings is 1. The first-order chi connectivity index (χ1) is 7.70.